The van der Waals surface area contributed by atoms with Crippen LogP contribution in [0.25, 0.3) is 99.8 Å². The van der Waals surface area contributed by atoms with E-state index >= 15 is 0 Å². The molecule has 2 aromatic heterocycles. The summed E-state index contributed by atoms with van der Waals surface area (Å²) in [5.41, 5.74) is 11.6. The third kappa shape index (κ3) is 4.83. The molecule has 0 bridgehead atoms. The minimum atomic E-state index is -0.296. The molecule has 272 valence electrons. The first-order valence-corrected chi connectivity index (χ1v) is 19.4. The van der Waals surface area contributed by atoms with Crippen molar-refractivity contribution < 1.29 is 0 Å². The highest BCUT2D eigenvalue weighted by molar-refractivity contribution is 6.22. The Kier molecular flexibility index (Phi) is 7.08. The van der Waals surface area contributed by atoms with Gasteiger partial charge in [0.25, 0.3) is 0 Å². The average Bonchev–Trinajstić information content (AvgIpc) is 3.64. The lowest BCUT2D eigenvalue weighted by atomic mass is 9.78. The van der Waals surface area contributed by atoms with Gasteiger partial charge in [-0.25, -0.2) is 19.7 Å². The topological polar surface area (TPSA) is 65.6 Å². The summed E-state index contributed by atoms with van der Waals surface area (Å²) >= 11 is 0. The summed E-state index contributed by atoms with van der Waals surface area (Å²) < 4.78 is 3.37. The SMILES string of the molecule is Cn1c(=O)n(C)c2cc(-c3ccc(-c4nc(-c5ccccc5)nc(-c5cc6c(c7ccccc57)-c5c(c7ccccc7c7ccccc57)C6(C)C)n4)cc3)ccc21. The molecule has 2 heterocycles. The second-order valence-electron chi connectivity index (χ2n) is 15.7. The van der Waals surface area contributed by atoms with Crippen LogP contribution in [0, 0.1) is 0 Å². The van der Waals surface area contributed by atoms with Crippen molar-refractivity contribution in [2.75, 3.05) is 0 Å². The van der Waals surface area contributed by atoms with Gasteiger partial charge in [0.15, 0.2) is 17.5 Å². The highest BCUT2D eigenvalue weighted by Crippen LogP contribution is 2.57. The lowest BCUT2D eigenvalue weighted by molar-refractivity contribution is 0.667. The van der Waals surface area contributed by atoms with E-state index in [0.29, 0.717) is 17.5 Å². The number of aromatic nitrogens is 5. The van der Waals surface area contributed by atoms with E-state index in [2.05, 4.69) is 141 Å². The van der Waals surface area contributed by atoms with Crippen LogP contribution in [0.3, 0.4) is 0 Å². The second kappa shape index (κ2) is 12.2. The Morgan fingerprint density at radius 3 is 1.61 bits per heavy atom. The summed E-state index contributed by atoms with van der Waals surface area (Å²) in [5, 5.41) is 7.43. The van der Waals surface area contributed by atoms with Gasteiger partial charge in [-0.2, -0.15) is 0 Å². The summed E-state index contributed by atoms with van der Waals surface area (Å²) in [7, 11) is 3.62. The summed E-state index contributed by atoms with van der Waals surface area (Å²) in [6, 6.07) is 53.4. The van der Waals surface area contributed by atoms with Gasteiger partial charge in [-0.05, 0) is 83.9 Å². The van der Waals surface area contributed by atoms with Gasteiger partial charge in [-0.3, -0.25) is 9.13 Å². The van der Waals surface area contributed by atoms with Crippen LogP contribution >= 0.6 is 0 Å². The molecule has 10 aromatic rings. The predicted octanol–water partition coefficient (Wildman–Crippen LogP) is 11.5. The number of nitrogens with zero attached hydrogens (tertiary/aromatic N) is 5. The van der Waals surface area contributed by atoms with Gasteiger partial charge >= 0.3 is 5.69 Å². The van der Waals surface area contributed by atoms with Gasteiger partial charge in [0.1, 0.15) is 0 Å². The number of hydrogen-bond donors (Lipinski definition) is 0. The monoisotopic (exact) mass is 735 g/mol. The molecular formula is C51H37N5O. The van der Waals surface area contributed by atoms with E-state index in [1.807, 2.05) is 31.3 Å². The van der Waals surface area contributed by atoms with Crippen LogP contribution < -0.4 is 5.69 Å². The highest BCUT2D eigenvalue weighted by atomic mass is 16.1. The molecule has 0 unspecified atom stereocenters. The van der Waals surface area contributed by atoms with E-state index in [9.17, 15) is 4.79 Å². The largest absolute Gasteiger partial charge is 0.328 e. The van der Waals surface area contributed by atoms with E-state index in [1.54, 1.807) is 16.2 Å². The number of hydrogen-bond acceptors (Lipinski definition) is 4. The van der Waals surface area contributed by atoms with E-state index in [4.69, 9.17) is 15.0 Å². The molecule has 6 nitrogen and oxygen atoms in total. The van der Waals surface area contributed by atoms with E-state index in [-0.39, 0.29) is 11.1 Å². The summed E-state index contributed by atoms with van der Waals surface area (Å²) in [5.74, 6) is 1.87. The van der Waals surface area contributed by atoms with Crippen LogP contribution in [0.2, 0.25) is 0 Å². The van der Waals surface area contributed by atoms with Crippen molar-refractivity contribution in [1.82, 2.24) is 24.1 Å². The molecular weight excluding hydrogens is 699 g/mol. The fourth-order valence-electron chi connectivity index (χ4n) is 9.35. The molecule has 1 aliphatic carbocycles. The molecule has 0 saturated carbocycles. The molecule has 0 N–H and O–H groups in total. The normalized spacial score (nSPS) is 13.1. The van der Waals surface area contributed by atoms with Crippen molar-refractivity contribution in [2.45, 2.75) is 19.3 Å². The first-order chi connectivity index (χ1) is 27.8. The summed E-state index contributed by atoms with van der Waals surface area (Å²) in [6.07, 6.45) is 0. The number of rotatable bonds is 4. The third-order valence-electron chi connectivity index (χ3n) is 12.2. The van der Waals surface area contributed by atoms with Crippen molar-refractivity contribution in [3.63, 3.8) is 0 Å². The molecule has 0 aliphatic heterocycles. The molecule has 1 aliphatic rings. The van der Waals surface area contributed by atoms with E-state index < -0.39 is 0 Å². The van der Waals surface area contributed by atoms with Crippen molar-refractivity contribution in [2.24, 2.45) is 14.1 Å². The molecule has 6 heteroatoms. The van der Waals surface area contributed by atoms with Crippen LogP contribution in [0.5, 0.6) is 0 Å². The standard InChI is InChI=1S/C51H37N5O/c1-51(2)41-29-40(36-18-9-11-19-37(36)44(41)45-38-20-12-8-16-34(38)35-17-10-13-21-39(35)46(45)51)49-53-47(31-14-6-5-7-15-31)52-48(54-49)32-24-22-30(23-25-32)33-26-27-42-43(28-33)56(4)50(57)55(42)3/h5-29H,1-4H3. The zero-order valence-electron chi connectivity index (χ0n) is 32.1. The van der Waals surface area contributed by atoms with Crippen LogP contribution in [-0.4, -0.2) is 24.1 Å². The average molecular weight is 736 g/mol. The summed E-state index contributed by atoms with van der Waals surface area (Å²) in [4.78, 5) is 28.2. The van der Waals surface area contributed by atoms with E-state index in [0.717, 1.165) is 44.2 Å². The molecule has 0 saturated heterocycles. The fraction of sp³-hybridized carbons (Fsp3) is 0.0980. The van der Waals surface area contributed by atoms with Gasteiger partial charge in [-0.15, -0.1) is 0 Å². The first-order valence-electron chi connectivity index (χ1n) is 19.4. The molecule has 0 fully saturated rings. The molecule has 8 aromatic carbocycles. The number of fused-ring (bicyclic) bond motifs is 11. The molecule has 11 rings (SSSR count). The minimum absolute atomic E-state index is 0.0383. The number of aryl methyl sites for hydroxylation is 2. The Labute approximate surface area is 329 Å². The zero-order chi connectivity index (χ0) is 38.6. The van der Waals surface area contributed by atoms with Crippen molar-refractivity contribution in [1.29, 1.82) is 0 Å². The first kappa shape index (κ1) is 33.2. The number of benzene rings is 8. The fourth-order valence-corrected chi connectivity index (χ4v) is 9.35. The van der Waals surface area contributed by atoms with Gasteiger partial charge in [0.05, 0.1) is 11.0 Å². The number of imidazole rings is 1. The van der Waals surface area contributed by atoms with Crippen molar-refractivity contribution in [3.8, 4) is 56.4 Å². The predicted molar refractivity (Wildman–Crippen MR) is 233 cm³/mol. The highest BCUT2D eigenvalue weighted by Gasteiger charge is 2.40. The van der Waals surface area contributed by atoms with Gasteiger partial charge in [0.2, 0.25) is 0 Å². The molecule has 57 heavy (non-hydrogen) atoms. The molecule has 0 radical (unpaired) electrons. The quantitative estimate of drug-likeness (QED) is 0.169. The van der Waals surface area contributed by atoms with Crippen molar-refractivity contribution >= 4 is 43.4 Å². The second-order valence-corrected chi connectivity index (χ2v) is 15.7. The maximum atomic E-state index is 12.6. The molecule has 0 amide bonds. The maximum Gasteiger partial charge on any atom is 0.328 e. The Hall–Kier alpha value is -7.18. The van der Waals surface area contributed by atoms with Crippen LogP contribution in [0.4, 0.5) is 0 Å². The van der Waals surface area contributed by atoms with Crippen LogP contribution in [0.15, 0.2) is 156 Å². The lowest BCUT2D eigenvalue weighted by Crippen LogP contribution is -2.19. The minimum Gasteiger partial charge on any atom is -0.295 e. The van der Waals surface area contributed by atoms with Crippen LogP contribution in [0.1, 0.15) is 25.0 Å². The molecule has 0 spiro atoms. The molecule has 0 atom stereocenters. The Bertz CT molecular complexity index is 3360. The van der Waals surface area contributed by atoms with Gasteiger partial charge < -0.3 is 0 Å². The maximum absolute atomic E-state index is 12.6. The lowest BCUT2D eigenvalue weighted by Gasteiger charge is -2.24. The van der Waals surface area contributed by atoms with Gasteiger partial charge in [0, 0.05) is 36.2 Å². The zero-order valence-corrected chi connectivity index (χ0v) is 32.1. The van der Waals surface area contributed by atoms with Crippen LogP contribution in [-0.2, 0) is 19.5 Å². The third-order valence-corrected chi connectivity index (χ3v) is 12.2. The van der Waals surface area contributed by atoms with Crippen molar-refractivity contribution in [3.05, 3.63) is 173 Å². The Morgan fingerprint density at radius 2 is 0.930 bits per heavy atom. The van der Waals surface area contributed by atoms with E-state index in [1.165, 1.54) is 49.2 Å². The Balaban J connectivity index is 1.12. The Morgan fingerprint density at radius 1 is 0.439 bits per heavy atom. The van der Waals surface area contributed by atoms with Gasteiger partial charge in [-0.1, -0.05) is 147 Å². The summed E-state index contributed by atoms with van der Waals surface area (Å²) in [6.45, 7) is 4.73. The smallest absolute Gasteiger partial charge is 0.295 e.